The molecule has 2 fully saturated rings. The molecule has 3 rings (SSSR count). The Morgan fingerprint density at radius 1 is 1.12 bits per heavy atom. The second-order valence-electron chi connectivity index (χ2n) is 7.20. The molecule has 2 saturated heterocycles. The van der Waals surface area contributed by atoms with Crippen LogP contribution in [0.1, 0.15) is 25.3 Å². The first-order chi connectivity index (χ1) is 11.6. The molecule has 132 valence electrons. The van der Waals surface area contributed by atoms with Gasteiger partial charge in [0, 0.05) is 52.2 Å². The molecule has 5 heteroatoms. The highest BCUT2D eigenvalue weighted by molar-refractivity contribution is 7.13. The third kappa shape index (κ3) is 4.56. The fourth-order valence-electron chi connectivity index (χ4n) is 4.09. The predicted molar refractivity (Wildman–Crippen MR) is 102 cm³/mol. The molecule has 1 aromatic rings. The largest absolute Gasteiger partial charge is 0.340 e. The summed E-state index contributed by atoms with van der Waals surface area (Å²) in [5.74, 6) is 0.922. The van der Waals surface area contributed by atoms with Crippen LogP contribution >= 0.6 is 9.39 Å². The number of carbonyl (C=O) groups excluding carboxylic acids is 1. The van der Waals surface area contributed by atoms with E-state index in [-0.39, 0.29) is 5.91 Å². The summed E-state index contributed by atoms with van der Waals surface area (Å²) in [5, 5.41) is 0. The van der Waals surface area contributed by atoms with Crippen molar-refractivity contribution in [1.82, 2.24) is 14.5 Å². The third-order valence-electron chi connectivity index (χ3n) is 5.56. The molecule has 1 aromatic carbocycles. The van der Waals surface area contributed by atoms with Gasteiger partial charge >= 0.3 is 0 Å². The summed E-state index contributed by atoms with van der Waals surface area (Å²) in [6.45, 7) is 7.83. The van der Waals surface area contributed by atoms with Crippen LogP contribution in [-0.2, 0) is 11.2 Å². The zero-order chi connectivity index (χ0) is 16.9. The Kier molecular flexibility index (Phi) is 6.26. The van der Waals surface area contributed by atoms with Gasteiger partial charge in [-0.25, -0.2) is 0 Å². The van der Waals surface area contributed by atoms with E-state index in [0.717, 1.165) is 39.1 Å². The molecule has 0 aromatic heterocycles. The Balaban J connectivity index is 1.59. The Hall–Kier alpha value is -0.960. The normalized spacial score (nSPS) is 26.5. The first-order valence-electron chi connectivity index (χ1n) is 9.16. The summed E-state index contributed by atoms with van der Waals surface area (Å²) in [4.78, 5) is 16.0. The number of piperidine rings is 1. The maximum Gasteiger partial charge on any atom is 0.219 e. The lowest BCUT2D eigenvalue weighted by atomic mass is 9.86. The van der Waals surface area contributed by atoms with Crippen LogP contribution in [0.4, 0.5) is 0 Å². The fourth-order valence-corrected chi connectivity index (χ4v) is 4.63. The van der Waals surface area contributed by atoms with Gasteiger partial charge in [-0.3, -0.25) is 14.4 Å². The lowest BCUT2D eigenvalue weighted by Crippen LogP contribution is -2.52. The smallest absolute Gasteiger partial charge is 0.219 e. The highest BCUT2D eigenvalue weighted by Gasteiger charge is 2.31. The minimum Gasteiger partial charge on any atom is -0.340 e. The summed E-state index contributed by atoms with van der Waals surface area (Å²) in [5.41, 5.74) is 1.43. The summed E-state index contributed by atoms with van der Waals surface area (Å²) < 4.78 is 2.48. The number of rotatable bonds is 4. The molecule has 2 heterocycles. The molecule has 3 unspecified atom stereocenters. The average Bonchev–Trinajstić information content (AvgIpc) is 2.59. The van der Waals surface area contributed by atoms with Crippen LogP contribution < -0.4 is 0 Å². The minimum atomic E-state index is 0.213. The molecule has 0 aliphatic carbocycles. The molecule has 2 aliphatic heterocycles. The lowest BCUT2D eigenvalue weighted by molar-refractivity contribution is -0.130. The van der Waals surface area contributed by atoms with Crippen molar-refractivity contribution in [2.75, 3.05) is 39.3 Å². The van der Waals surface area contributed by atoms with Crippen molar-refractivity contribution in [3.05, 3.63) is 35.9 Å². The molecule has 0 radical (unpaired) electrons. The van der Waals surface area contributed by atoms with Crippen LogP contribution in [0.15, 0.2) is 30.3 Å². The lowest BCUT2D eigenvalue weighted by Gasteiger charge is -2.43. The quantitative estimate of drug-likeness (QED) is 0.782. The molecule has 0 saturated carbocycles. The van der Waals surface area contributed by atoms with E-state index in [1.165, 1.54) is 24.9 Å². The number of piperazine rings is 1. The summed E-state index contributed by atoms with van der Waals surface area (Å²) in [6, 6.07) is 11.5. The zero-order valence-corrected chi connectivity index (χ0v) is 15.9. The highest BCUT2D eigenvalue weighted by Crippen LogP contribution is 2.30. The van der Waals surface area contributed by atoms with Gasteiger partial charge in [-0.15, -0.1) is 0 Å². The Morgan fingerprint density at radius 2 is 1.83 bits per heavy atom. The van der Waals surface area contributed by atoms with Crippen molar-refractivity contribution in [3.8, 4) is 0 Å². The SMILES string of the molecule is CC(=O)N1CCN(CC2CCCN(P)C2Cc2ccccc2)CC1. The summed E-state index contributed by atoms with van der Waals surface area (Å²) >= 11 is 0. The summed E-state index contributed by atoms with van der Waals surface area (Å²) in [6.07, 6.45) is 3.73. The maximum atomic E-state index is 11.5. The van der Waals surface area contributed by atoms with Gasteiger partial charge in [0.1, 0.15) is 0 Å². The molecule has 4 nitrogen and oxygen atoms in total. The van der Waals surface area contributed by atoms with Gasteiger partial charge in [0.15, 0.2) is 0 Å². The van der Waals surface area contributed by atoms with Crippen LogP contribution in [-0.4, -0.2) is 65.7 Å². The second-order valence-corrected chi connectivity index (χ2v) is 7.87. The van der Waals surface area contributed by atoms with E-state index in [4.69, 9.17) is 0 Å². The molecular formula is C19H30N3OP. The zero-order valence-electron chi connectivity index (χ0n) is 14.7. The molecule has 0 spiro atoms. The van der Waals surface area contributed by atoms with Crippen molar-refractivity contribution in [2.24, 2.45) is 5.92 Å². The predicted octanol–water partition coefficient (Wildman–Crippen LogP) is 2.26. The van der Waals surface area contributed by atoms with E-state index in [0.29, 0.717) is 12.0 Å². The van der Waals surface area contributed by atoms with E-state index in [9.17, 15) is 4.79 Å². The monoisotopic (exact) mass is 347 g/mol. The van der Waals surface area contributed by atoms with E-state index in [1.54, 1.807) is 6.92 Å². The van der Waals surface area contributed by atoms with Gasteiger partial charge in [0.25, 0.3) is 0 Å². The Morgan fingerprint density at radius 3 is 2.50 bits per heavy atom. The van der Waals surface area contributed by atoms with Crippen molar-refractivity contribution in [2.45, 2.75) is 32.2 Å². The number of hydrogen-bond donors (Lipinski definition) is 0. The van der Waals surface area contributed by atoms with Gasteiger partial charge in [-0.05, 0) is 30.7 Å². The van der Waals surface area contributed by atoms with Crippen molar-refractivity contribution >= 4 is 15.3 Å². The first kappa shape index (κ1) is 17.8. The number of amides is 1. The van der Waals surface area contributed by atoms with Crippen LogP contribution in [0.25, 0.3) is 0 Å². The van der Waals surface area contributed by atoms with Gasteiger partial charge in [0.2, 0.25) is 5.91 Å². The Bertz CT molecular complexity index is 531. The van der Waals surface area contributed by atoms with Gasteiger partial charge < -0.3 is 4.90 Å². The van der Waals surface area contributed by atoms with E-state index >= 15 is 0 Å². The molecule has 0 N–H and O–H groups in total. The molecule has 1 amide bonds. The molecule has 2 aliphatic rings. The van der Waals surface area contributed by atoms with E-state index in [1.807, 2.05) is 4.90 Å². The molecule has 24 heavy (non-hydrogen) atoms. The second kappa shape index (κ2) is 8.42. The standard InChI is InChI=1S/C19H30N3OP/c1-16(23)21-12-10-20(11-13-21)15-18-8-5-9-22(24)19(18)14-17-6-3-2-4-7-17/h2-4,6-7,18-19H,5,8-15,24H2,1H3. The highest BCUT2D eigenvalue weighted by atomic mass is 31.0. The number of benzene rings is 1. The van der Waals surface area contributed by atoms with E-state index in [2.05, 4.69) is 49.3 Å². The average molecular weight is 347 g/mol. The number of nitrogens with zero attached hydrogens (tertiary/aromatic N) is 3. The molecule has 3 atom stereocenters. The van der Waals surface area contributed by atoms with Gasteiger partial charge in [-0.2, -0.15) is 0 Å². The topological polar surface area (TPSA) is 26.8 Å². The van der Waals surface area contributed by atoms with Crippen molar-refractivity contribution in [1.29, 1.82) is 0 Å². The molecular weight excluding hydrogens is 317 g/mol. The van der Waals surface area contributed by atoms with Crippen molar-refractivity contribution in [3.63, 3.8) is 0 Å². The van der Waals surface area contributed by atoms with Gasteiger partial charge in [0.05, 0.1) is 0 Å². The number of carbonyl (C=O) groups is 1. The minimum absolute atomic E-state index is 0.213. The summed E-state index contributed by atoms with van der Waals surface area (Å²) in [7, 11) is 2.96. The van der Waals surface area contributed by atoms with Crippen LogP contribution in [0.3, 0.4) is 0 Å². The number of hydrogen-bond acceptors (Lipinski definition) is 3. The fraction of sp³-hybridized carbons (Fsp3) is 0.632. The van der Waals surface area contributed by atoms with E-state index < -0.39 is 0 Å². The van der Waals surface area contributed by atoms with Crippen LogP contribution in [0, 0.1) is 5.92 Å². The Labute approximate surface area is 148 Å². The van der Waals surface area contributed by atoms with Crippen LogP contribution in [0.5, 0.6) is 0 Å². The first-order valence-corrected chi connectivity index (χ1v) is 9.68. The third-order valence-corrected chi connectivity index (χ3v) is 6.20. The van der Waals surface area contributed by atoms with Gasteiger partial charge in [-0.1, -0.05) is 39.7 Å². The maximum absolute atomic E-state index is 11.5. The van der Waals surface area contributed by atoms with Crippen molar-refractivity contribution < 1.29 is 4.79 Å². The van der Waals surface area contributed by atoms with Crippen LogP contribution in [0.2, 0.25) is 0 Å². The molecule has 0 bridgehead atoms.